The first kappa shape index (κ1) is 17.8. The maximum absolute atomic E-state index is 11.6. The van der Waals surface area contributed by atoms with Crippen LogP contribution in [0.5, 0.6) is 5.75 Å². The fraction of sp³-hybridized carbons (Fsp3) is 0.312. The molecule has 2 N–H and O–H groups in total. The second kappa shape index (κ2) is 7.48. The monoisotopic (exact) mass is 374 g/mol. The lowest BCUT2D eigenvalue weighted by Crippen LogP contribution is -2.16. The van der Waals surface area contributed by atoms with Crippen LogP contribution in [0, 0.1) is 10.1 Å². The van der Waals surface area contributed by atoms with Gasteiger partial charge in [0, 0.05) is 6.04 Å². The van der Waals surface area contributed by atoms with Crippen LogP contribution < -0.4 is 15.4 Å². The molecule has 3 rings (SSSR count). The molecule has 0 saturated heterocycles. The summed E-state index contributed by atoms with van der Waals surface area (Å²) in [5, 5.41) is 18.1. The third kappa shape index (κ3) is 3.64. The van der Waals surface area contributed by atoms with Gasteiger partial charge >= 0.3 is 5.69 Å². The van der Waals surface area contributed by atoms with Crippen LogP contribution >= 0.6 is 11.3 Å². The summed E-state index contributed by atoms with van der Waals surface area (Å²) in [7, 11) is 1.59. The molecule has 0 amide bonds. The van der Waals surface area contributed by atoms with Gasteiger partial charge in [-0.2, -0.15) is 0 Å². The quantitative estimate of drug-likeness (QED) is 0.472. The van der Waals surface area contributed by atoms with E-state index in [4.69, 9.17) is 4.74 Å². The van der Waals surface area contributed by atoms with Gasteiger partial charge in [0.1, 0.15) is 12.1 Å². The number of nitrogens with one attached hydrogen (secondary N) is 2. The van der Waals surface area contributed by atoms with Crippen molar-refractivity contribution in [2.75, 3.05) is 17.7 Å². The molecule has 0 aliphatic carbocycles. The Morgan fingerprint density at radius 1 is 1.35 bits per heavy atom. The van der Waals surface area contributed by atoms with Gasteiger partial charge in [-0.15, -0.1) is 0 Å². The van der Waals surface area contributed by atoms with Crippen LogP contribution in [0.2, 0.25) is 0 Å². The maximum atomic E-state index is 11.6. The Balaban J connectivity index is 1.96. The number of benzene rings is 1. The highest BCUT2D eigenvalue weighted by Gasteiger charge is 2.24. The van der Waals surface area contributed by atoms with E-state index in [1.807, 2.05) is 32.0 Å². The number of nitrogens with zero attached hydrogens (tertiary/aromatic N) is 4. The number of aromatic nitrogens is 3. The average Bonchev–Trinajstić information content (AvgIpc) is 3.02. The molecule has 26 heavy (non-hydrogen) atoms. The average molecular weight is 374 g/mol. The first-order valence-electron chi connectivity index (χ1n) is 7.99. The Hall–Kier alpha value is -3.01. The lowest BCUT2D eigenvalue weighted by atomic mass is 10.2. The van der Waals surface area contributed by atoms with Gasteiger partial charge in [-0.05, 0) is 31.5 Å². The Kier molecular flexibility index (Phi) is 5.12. The standard InChI is InChI=1S/C16H18N6O3S/c1-4-9(2)19-14-13(22(23)24)15(18-8-17-14)21-16-20-11-6-5-10(25-3)7-12(11)26-16/h5-9H,4H2,1-3H3,(H2,17,18,19,20,21). The second-order valence-electron chi connectivity index (χ2n) is 5.61. The van der Waals surface area contributed by atoms with Crippen molar-refractivity contribution in [2.45, 2.75) is 26.3 Å². The van der Waals surface area contributed by atoms with Gasteiger partial charge in [-0.3, -0.25) is 10.1 Å². The lowest BCUT2D eigenvalue weighted by Gasteiger charge is -2.13. The molecule has 10 heteroatoms. The Morgan fingerprint density at radius 2 is 2.12 bits per heavy atom. The van der Waals surface area contributed by atoms with E-state index in [1.54, 1.807) is 7.11 Å². The summed E-state index contributed by atoms with van der Waals surface area (Å²) in [5.41, 5.74) is 0.567. The van der Waals surface area contributed by atoms with Crippen molar-refractivity contribution < 1.29 is 9.66 Å². The van der Waals surface area contributed by atoms with Crippen LogP contribution in [0.3, 0.4) is 0 Å². The van der Waals surface area contributed by atoms with Crippen molar-refractivity contribution in [2.24, 2.45) is 0 Å². The molecule has 3 aromatic rings. The fourth-order valence-electron chi connectivity index (χ4n) is 2.27. The fourth-order valence-corrected chi connectivity index (χ4v) is 3.16. The second-order valence-corrected chi connectivity index (χ2v) is 6.64. The molecule has 1 aromatic carbocycles. The molecule has 136 valence electrons. The smallest absolute Gasteiger partial charge is 0.353 e. The van der Waals surface area contributed by atoms with Gasteiger partial charge in [-0.1, -0.05) is 18.3 Å². The zero-order valence-electron chi connectivity index (χ0n) is 14.5. The van der Waals surface area contributed by atoms with Crippen molar-refractivity contribution in [3.63, 3.8) is 0 Å². The highest BCUT2D eigenvalue weighted by molar-refractivity contribution is 7.22. The number of anilines is 3. The molecule has 0 saturated carbocycles. The molecule has 1 unspecified atom stereocenters. The Morgan fingerprint density at radius 3 is 2.81 bits per heavy atom. The van der Waals surface area contributed by atoms with Gasteiger partial charge < -0.3 is 15.4 Å². The maximum Gasteiger partial charge on any atom is 0.353 e. The highest BCUT2D eigenvalue weighted by atomic mass is 32.1. The van der Waals surface area contributed by atoms with Crippen LogP contribution in [-0.2, 0) is 0 Å². The Labute approximate surface area is 153 Å². The largest absolute Gasteiger partial charge is 0.497 e. The van der Waals surface area contributed by atoms with E-state index >= 15 is 0 Å². The predicted octanol–water partition coefficient (Wildman–Crippen LogP) is 3.96. The first-order valence-corrected chi connectivity index (χ1v) is 8.81. The number of hydrogen-bond acceptors (Lipinski definition) is 9. The van der Waals surface area contributed by atoms with E-state index in [1.165, 1.54) is 17.7 Å². The molecular weight excluding hydrogens is 356 g/mol. The number of ether oxygens (including phenoxy) is 1. The Bertz CT molecular complexity index is 945. The topological polar surface area (TPSA) is 115 Å². The summed E-state index contributed by atoms with van der Waals surface area (Å²) in [6.07, 6.45) is 2.10. The summed E-state index contributed by atoms with van der Waals surface area (Å²) in [6.45, 7) is 3.92. The van der Waals surface area contributed by atoms with Crippen molar-refractivity contribution >= 4 is 44.0 Å². The van der Waals surface area contributed by atoms with Crippen LogP contribution in [0.4, 0.5) is 22.5 Å². The lowest BCUT2D eigenvalue weighted by molar-refractivity contribution is -0.383. The molecule has 0 bridgehead atoms. The molecule has 0 spiro atoms. The summed E-state index contributed by atoms with van der Waals surface area (Å²) < 4.78 is 6.11. The zero-order chi connectivity index (χ0) is 18.7. The molecule has 0 radical (unpaired) electrons. The number of nitro groups is 1. The minimum absolute atomic E-state index is 0.0476. The summed E-state index contributed by atoms with van der Waals surface area (Å²) in [4.78, 5) is 23.6. The van der Waals surface area contributed by atoms with Crippen molar-refractivity contribution in [3.8, 4) is 5.75 Å². The number of thiazole rings is 1. The highest BCUT2D eigenvalue weighted by Crippen LogP contribution is 2.35. The predicted molar refractivity (Wildman–Crippen MR) is 102 cm³/mol. The van der Waals surface area contributed by atoms with Crippen molar-refractivity contribution in [1.29, 1.82) is 0 Å². The zero-order valence-corrected chi connectivity index (χ0v) is 15.3. The SMILES string of the molecule is CCC(C)Nc1ncnc(Nc2nc3ccc(OC)cc3s2)c1[N+](=O)[O-]. The van der Waals surface area contributed by atoms with Crippen LogP contribution in [0.15, 0.2) is 24.5 Å². The van der Waals surface area contributed by atoms with Crippen LogP contribution in [0.25, 0.3) is 10.2 Å². The molecule has 2 aromatic heterocycles. The van der Waals surface area contributed by atoms with E-state index in [0.29, 0.717) is 5.13 Å². The van der Waals surface area contributed by atoms with E-state index in [2.05, 4.69) is 25.6 Å². The molecule has 0 aliphatic rings. The first-order chi connectivity index (χ1) is 12.5. The third-order valence-corrected chi connectivity index (χ3v) is 4.75. The van der Waals surface area contributed by atoms with Crippen LogP contribution in [-0.4, -0.2) is 33.0 Å². The minimum Gasteiger partial charge on any atom is -0.497 e. The van der Waals surface area contributed by atoms with Crippen LogP contribution in [0.1, 0.15) is 20.3 Å². The number of rotatable bonds is 7. The van der Waals surface area contributed by atoms with Gasteiger partial charge in [-0.25, -0.2) is 15.0 Å². The number of fused-ring (bicyclic) bond motifs is 1. The molecule has 2 heterocycles. The summed E-state index contributed by atoms with van der Waals surface area (Å²) >= 11 is 1.36. The summed E-state index contributed by atoms with van der Waals surface area (Å²) in [6, 6.07) is 5.56. The van der Waals surface area contributed by atoms with Crippen molar-refractivity contribution in [3.05, 3.63) is 34.6 Å². The minimum atomic E-state index is -0.497. The van der Waals surface area contributed by atoms with E-state index < -0.39 is 4.92 Å². The number of hydrogen-bond donors (Lipinski definition) is 2. The molecule has 9 nitrogen and oxygen atoms in total. The molecule has 1 atom stereocenters. The third-order valence-electron chi connectivity index (χ3n) is 3.82. The normalized spacial score (nSPS) is 12.0. The van der Waals surface area contributed by atoms with Gasteiger partial charge in [0.05, 0.1) is 22.2 Å². The number of methoxy groups -OCH3 is 1. The van der Waals surface area contributed by atoms with E-state index in [0.717, 1.165) is 22.4 Å². The van der Waals surface area contributed by atoms with Gasteiger partial charge in [0.15, 0.2) is 5.13 Å². The van der Waals surface area contributed by atoms with E-state index in [9.17, 15) is 10.1 Å². The molecule has 0 aliphatic heterocycles. The van der Waals surface area contributed by atoms with Gasteiger partial charge in [0.2, 0.25) is 11.6 Å². The molecule has 0 fully saturated rings. The van der Waals surface area contributed by atoms with Gasteiger partial charge in [0.25, 0.3) is 0 Å². The summed E-state index contributed by atoms with van der Waals surface area (Å²) in [5.74, 6) is 1.01. The van der Waals surface area contributed by atoms with E-state index in [-0.39, 0.29) is 23.4 Å². The van der Waals surface area contributed by atoms with Crippen molar-refractivity contribution in [1.82, 2.24) is 15.0 Å². The molecular formula is C16H18N6O3S.